The molecule has 1 aliphatic heterocycles. The van der Waals surface area contributed by atoms with Crippen LogP contribution >= 0.6 is 35.3 Å². The maximum absolute atomic E-state index is 5.49. The largest absolute Gasteiger partial charge is 0.378 e. The molecule has 1 unspecified atom stereocenters. The van der Waals surface area contributed by atoms with Crippen LogP contribution in [0.15, 0.2) is 46.1 Å². The van der Waals surface area contributed by atoms with Gasteiger partial charge in [0.05, 0.1) is 19.8 Å². The van der Waals surface area contributed by atoms with Crippen molar-refractivity contribution in [3.8, 4) is 0 Å². The molecule has 0 spiro atoms. The van der Waals surface area contributed by atoms with Crippen LogP contribution in [0.1, 0.15) is 30.9 Å². The highest BCUT2D eigenvalue weighted by Gasteiger charge is 2.14. The first-order chi connectivity index (χ1) is 13.3. The highest BCUT2D eigenvalue weighted by Crippen LogP contribution is 2.22. The van der Waals surface area contributed by atoms with E-state index in [1.54, 1.807) is 11.3 Å². The number of morpholine rings is 1. The second-order valence-electron chi connectivity index (χ2n) is 6.76. The zero-order valence-electron chi connectivity index (χ0n) is 16.7. The Labute approximate surface area is 189 Å². The molecular formula is C21H31IN4OS. The van der Waals surface area contributed by atoms with Crippen LogP contribution in [0.3, 0.4) is 0 Å². The molecule has 2 heterocycles. The molecule has 1 atom stereocenters. The Bertz CT molecular complexity index is 717. The number of guanidine groups is 1. The Balaban J connectivity index is 0.00000280. The van der Waals surface area contributed by atoms with Crippen molar-refractivity contribution in [2.75, 3.05) is 44.3 Å². The molecule has 1 fully saturated rings. The van der Waals surface area contributed by atoms with Crippen molar-refractivity contribution in [3.63, 3.8) is 0 Å². The molecule has 1 aromatic carbocycles. The van der Waals surface area contributed by atoms with Crippen molar-refractivity contribution < 1.29 is 4.74 Å². The Hall–Kier alpha value is -1.32. The van der Waals surface area contributed by atoms with Gasteiger partial charge in [0, 0.05) is 31.9 Å². The van der Waals surface area contributed by atoms with Gasteiger partial charge in [0.1, 0.15) is 0 Å². The molecule has 0 saturated carbocycles. The average Bonchev–Trinajstić information content (AvgIpc) is 3.26. The second kappa shape index (κ2) is 12.3. The minimum atomic E-state index is 0. The summed E-state index contributed by atoms with van der Waals surface area (Å²) >= 11 is 1.75. The van der Waals surface area contributed by atoms with Crippen molar-refractivity contribution in [1.82, 2.24) is 10.6 Å². The number of para-hydroxylation sites is 1. The van der Waals surface area contributed by atoms with E-state index in [-0.39, 0.29) is 24.0 Å². The van der Waals surface area contributed by atoms with Crippen LogP contribution < -0.4 is 15.5 Å². The first-order valence-electron chi connectivity index (χ1n) is 9.72. The lowest BCUT2D eigenvalue weighted by atomic mass is 10.1. The van der Waals surface area contributed by atoms with Gasteiger partial charge in [-0.05, 0) is 46.9 Å². The van der Waals surface area contributed by atoms with Crippen molar-refractivity contribution in [2.24, 2.45) is 4.99 Å². The van der Waals surface area contributed by atoms with E-state index in [4.69, 9.17) is 9.73 Å². The highest BCUT2D eigenvalue weighted by molar-refractivity contribution is 14.0. The third-order valence-corrected chi connectivity index (χ3v) is 5.48. The number of hydrogen-bond acceptors (Lipinski definition) is 4. The van der Waals surface area contributed by atoms with Crippen molar-refractivity contribution >= 4 is 47.0 Å². The van der Waals surface area contributed by atoms with Crippen molar-refractivity contribution in [3.05, 3.63) is 52.2 Å². The van der Waals surface area contributed by atoms with Crippen LogP contribution in [0.5, 0.6) is 0 Å². The molecule has 1 saturated heterocycles. The molecule has 1 aromatic heterocycles. The molecular weight excluding hydrogens is 483 g/mol. The lowest BCUT2D eigenvalue weighted by Gasteiger charge is -2.30. The summed E-state index contributed by atoms with van der Waals surface area (Å²) in [4.78, 5) is 7.23. The summed E-state index contributed by atoms with van der Waals surface area (Å²) in [5, 5.41) is 11.2. The van der Waals surface area contributed by atoms with Crippen molar-refractivity contribution in [1.29, 1.82) is 0 Å². The highest BCUT2D eigenvalue weighted by atomic mass is 127. The third kappa shape index (κ3) is 6.63. The van der Waals surface area contributed by atoms with Gasteiger partial charge in [-0.3, -0.25) is 0 Å². The monoisotopic (exact) mass is 514 g/mol. The van der Waals surface area contributed by atoms with E-state index in [0.29, 0.717) is 12.5 Å². The number of ether oxygens (including phenoxy) is 1. The fourth-order valence-corrected chi connectivity index (χ4v) is 3.97. The molecule has 1 aliphatic rings. The van der Waals surface area contributed by atoms with E-state index in [2.05, 4.69) is 70.5 Å². The van der Waals surface area contributed by atoms with Gasteiger partial charge >= 0.3 is 0 Å². The summed E-state index contributed by atoms with van der Waals surface area (Å²) in [7, 11) is 0. The number of benzene rings is 1. The molecule has 7 heteroatoms. The number of nitrogens with zero attached hydrogens (tertiary/aromatic N) is 2. The minimum Gasteiger partial charge on any atom is -0.378 e. The van der Waals surface area contributed by atoms with Crippen LogP contribution in [0.25, 0.3) is 0 Å². The number of halogens is 1. The molecule has 3 rings (SSSR count). The standard InChI is InChI=1S/C21H30N4OS.HI/c1-3-22-21(23-14-17(2)19-8-13-27-16-19)24-15-18-6-4-5-7-20(18)25-9-11-26-12-10-25;/h4-8,13,16-17H,3,9-12,14-15H2,1-2H3,(H2,22,23,24);1H. The Morgan fingerprint density at radius 1 is 1.21 bits per heavy atom. The predicted molar refractivity (Wildman–Crippen MR) is 130 cm³/mol. The summed E-state index contributed by atoms with van der Waals surface area (Å²) in [5.41, 5.74) is 3.90. The normalized spacial score (nSPS) is 15.6. The topological polar surface area (TPSA) is 48.9 Å². The van der Waals surface area contributed by atoms with Gasteiger partial charge in [0.2, 0.25) is 0 Å². The molecule has 0 amide bonds. The van der Waals surface area contributed by atoms with E-state index in [1.807, 2.05) is 0 Å². The van der Waals surface area contributed by atoms with Crippen LogP contribution in [0.4, 0.5) is 5.69 Å². The molecule has 28 heavy (non-hydrogen) atoms. The smallest absolute Gasteiger partial charge is 0.191 e. The minimum absolute atomic E-state index is 0. The number of aliphatic imine (C=N–C) groups is 1. The summed E-state index contributed by atoms with van der Waals surface area (Å²) in [5.74, 6) is 1.33. The number of hydrogen-bond donors (Lipinski definition) is 2. The summed E-state index contributed by atoms with van der Waals surface area (Å²) in [6.07, 6.45) is 0. The van der Waals surface area contributed by atoms with Crippen LogP contribution in [0.2, 0.25) is 0 Å². The van der Waals surface area contributed by atoms with Gasteiger partial charge in [0.25, 0.3) is 0 Å². The maximum Gasteiger partial charge on any atom is 0.191 e. The fourth-order valence-electron chi connectivity index (χ4n) is 3.19. The number of rotatable bonds is 7. The molecule has 154 valence electrons. The average molecular weight is 514 g/mol. The van der Waals surface area contributed by atoms with Crippen LogP contribution in [-0.4, -0.2) is 45.4 Å². The van der Waals surface area contributed by atoms with Gasteiger partial charge < -0.3 is 20.3 Å². The maximum atomic E-state index is 5.49. The van der Waals surface area contributed by atoms with E-state index >= 15 is 0 Å². The predicted octanol–water partition coefficient (Wildman–Crippen LogP) is 4.06. The number of thiophene rings is 1. The van der Waals surface area contributed by atoms with Gasteiger partial charge in [0.15, 0.2) is 5.96 Å². The van der Waals surface area contributed by atoms with Gasteiger partial charge in [-0.15, -0.1) is 24.0 Å². The SMILES string of the molecule is CCNC(=NCc1ccccc1N1CCOCC1)NCC(C)c1ccsc1.I. The van der Waals surface area contributed by atoms with Gasteiger partial charge in [-0.2, -0.15) is 11.3 Å². The zero-order valence-corrected chi connectivity index (χ0v) is 19.8. The van der Waals surface area contributed by atoms with E-state index in [9.17, 15) is 0 Å². The first kappa shape index (κ1) is 23.0. The van der Waals surface area contributed by atoms with E-state index < -0.39 is 0 Å². The molecule has 0 bridgehead atoms. The van der Waals surface area contributed by atoms with Crippen molar-refractivity contribution in [2.45, 2.75) is 26.3 Å². The first-order valence-corrected chi connectivity index (χ1v) is 10.7. The Morgan fingerprint density at radius 2 is 2.00 bits per heavy atom. The molecule has 2 aromatic rings. The molecule has 5 nitrogen and oxygen atoms in total. The zero-order chi connectivity index (χ0) is 18.9. The fraction of sp³-hybridized carbons (Fsp3) is 0.476. The third-order valence-electron chi connectivity index (χ3n) is 4.78. The second-order valence-corrected chi connectivity index (χ2v) is 7.54. The Kier molecular flexibility index (Phi) is 10.1. The van der Waals surface area contributed by atoms with E-state index in [1.165, 1.54) is 16.8 Å². The lowest BCUT2D eigenvalue weighted by molar-refractivity contribution is 0.122. The van der Waals surface area contributed by atoms with Crippen LogP contribution in [0, 0.1) is 0 Å². The molecule has 0 aliphatic carbocycles. The summed E-state index contributed by atoms with van der Waals surface area (Å²) in [6.45, 7) is 10.2. The summed E-state index contributed by atoms with van der Waals surface area (Å²) in [6, 6.07) is 10.7. The number of anilines is 1. The number of nitrogens with one attached hydrogen (secondary N) is 2. The Morgan fingerprint density at radius 3 is 2.71 bits per heavy atom. The van der Waals surface area contributed by atoms with Crippen LogP contribution in [-0.2, 0) is 11.3 Å². The molecule has 0 radical (unpaired) electrons. The van der Waals surface area contributed by atoms with Gasteiger partial charge in [-0.25, -0.2) is 4.99 Å². The van der Waals surface area contributed by atoms with Gasteiger partial charge in [-0.1, -0.05) is 25.1 Å². The quantitative estimate of drug-likeness (QED) is 0.333. The van der Waals surface area contributed by atoms with E-state index in [0.717, 1.165) is 45.4 Å². The summed E-state index contributed by atoms with van der Waals surface area (Å²) < 4.78 is 5.49. The lowest BCUT2D eigenvalue weighted by Crippen LogP contribution is -2.39. The molecule has 2 N–H and O–H groups in total.